The SMILES string of the molecule is O=CC1=CC[C@@H](c2ccc(Cl)cc2)[C@@]2(C(=O)Oc3ccccc32)[C@@H]1c1ccc(Cl)cc1.O=CC1=CC[C@@H](c2ccc(Cl)cc2)[C@@]2(C(=O)Oc3ccccc32)[C@@H]1c1ccc(Cl)cc1.O=CC1=CC[C@@H](c2ccc(Cl)cc2)[C@@]2(C(=O)Oc3ccccc32)[C@@H]1c1ccc(Cl)cc1.O=CC1=CC[C@@H](c2ccc(Cl)cc2)[C@@]2(C(=O)Oc3ccccc32)[C@@H]1c1ccc(Cl)cc1. The zero-order valence-electron chi connectivity index (χ0n) is 65.7. The van der Waals surface area contributed by atoms with Crippen LogP contribution in [-0.2, 0) is 60.0 Å². The van der Waals surface area contributed by atoms with Crippen LogP contribution in [0, 0.1) is 0 Å². The van der Waals surface area contributed by atoms with E-state index in [1.807, 2.05) is 243 Å². The topological polar surface area (TPSA) is 173 Å². The molecule has 616 valence electrons. The van der Waals surface area contributed by atoms with E-state index in [0.717, 1.165) is 91.9 Å². The second-order valence-corrected chi connectivity index (χ2v) is 35.1. The summed E-state index contributed by atoms with van der Waals surface area (Å²) in [4.78, 5) is 104. The molecule has 0 amide bonds. The van der Waals surface area contributed by atoms with Gasteiger partial charge in [-0.05, 0) is 214 Å². The maximum absolute atomic E-state index is 13.8. The van der Waals surface area contributed by atoms with Crippen LogP contribution < -0.4 is 18.9 Å². The molecule has 20 heteroatoms. The van der Waals surface area contributed by atoms with Gasteiger partial charge in [-0.1, -0.05) is 287 Å². The number of carbonyl (C=O) groups is 8. The van der Waals surface area contributed by atoms with Crippen LogP contribution in [0.1, 0.15) is 140 Å². The molecule has 4 spiro atoms. The van der Waals surface area contributed by atoms with Crippen LogP contribution in [0.25, 0.3) is 0 Å². The maximum Gasteiger partial charge on any atom is 0.323 e. The van der Waals surface area contributed by atoms with Crippen LogP contribution in [0.15, 0.2) is 338 Å². The molecule has 0 saturated carbocycles. The predicted molar refractivity (Wildman–Crippen MR) is 484 cm³/mol. The fourth-order valence-electron chi connectivity index (χ4n) is 20.6. The van der Waals surface area contributed by atoms with E-state index in [1.165, 1.54) is 0 Å². The van der Waals surface area contributed by atoms with Gasteiger partial charge in [0.1, 0.15) is 69.8 Å². The van der Waals surface area contributed by atoms with Crippen molar-refractivity contribution in [3.05, 3.63) is 445 Å². The van der Waals surface area contributed by atoms with Crippen molar-refractivity contribution >= 4 is 142 Å². The Morgan fingerprint density at radius 3 is 0.532 bits per heavy atom. The molecular formula is C104H72Cl8O12. The van der Waals surface area contributed by atoms with Crippen molar-refractivity contribution in [2.24, 2.45) is 0 Å². The van der Waals surface area contributed by atoms with E-state index < -0.39 is 45.3 Å². The molecule has 0 N–H and O–H groups in total. The van der Waals surface area contributed by atoms with Gasteiger partial charge in [0.15, 0.2) is 0 Å². The number of ether oxygens (including phenoxy) is 4. The third kappa shape index (κ3) is 14.7. The lowest BCUT2D eigenvalue weighted by molar-refractivity contribution is -0.141. The van der Waals surface area contributed by atoms with Gasteiger partial charge >= 0.3 is 23.9 Å². The van der Waals surface area contributed by atoms with Crippen LogP contribution in [0.2, 0.25) is 40.2 Å². The van der Waals surface area contributed by atoms with Gasteiger partial charge in [0.05, 0.1) is 0 Å². The second kappa shape index (κ2) is 35.2. The van der Waals surface area contributed by atoms with Gasteiger partial charge in [-0.25, -0.2) is 0 Å². The van der Waals surface area contributed by atoms with Crippen molar-refractivity contribution in [1.29, 1.82) is 0 Å². The summed E-state index contributed by atoms with van der Waals surface area (Å²) in [5, 5.41) is 4.87. The number of halogens is 8. The third-order valence-corrected chi connectivity index (χ3v) is 27.7. The minimum absolute atomic E-state index is 0.231. The first-order valence-corrected chi connectivity index (χ1v) is 43.2. The van der Waals surface area contributed by atoms with Gasteiger partial charge in [0, 0.05) is 110 Å². The molecule has 0 unspecified atom stereocenters. The highest BCUT2D eigenvalue weighted by atomic mass is 35.5. The Kier molecular flexibility index (Phi) is 24.1. The number of para-hydroxylation sites is 4. The zero-order valence-corrected chi connectivity index (χ0v) is 71.7. The summed E-state index contributed by atoms with van der Waals surface area (Å²) >= 11 is 49.1. The van der Waals surface area contributed by atoms with Gasteiger partial charge in [0.25, 0.3) is 0 Å². The van der Waals surface area contributed by atoms with Gasteiger partial charge in [-0.2, -0.15) is 0 Å². The van der Waals surface area contributed by atoms with E-state index >= 15 is 0 Å². The Labute approximate surface area is 755 Å². The normalized spacial score (nSPS) is 24.5. The van der Waals surface area contributed by atoms with Gasteiger partial charge in [-0.3, -0.25) is 38.4 Å². The fraction of sp³-hybridized carbons (Fsp3) is 0.154. The average molecular weight is 1800 g/mol. The highest BCUT2D eigenvalue weighted by Crippen LogP contribution is 2.66. The molecule has 4 aliphatic heterocycles. The Morgan fingerprint density at radius 2 is 0.371 bits per heavy atom. The van der Waals surface area contributed by atoms with E-state index in [1.54, 1.807) is 72.8 Å². The summed E-state index contributed by atoms with van der Waals surface area (Å²) in [7, 11) is 0. The summed E-state index contributed by atoms with van der Waals surface area (Å²) < 4.78 is 23.2. The van der Waals surface area contributed by atoms with Crippen molar-refractivity contribution in [1.82, 2.24) is 0 Å². The highest BCUT2D eigenvalue weighted by Gasteiger charge is 2.66. The predicted octanol–water partition coefficient (Wildman–Crippen LogP) is 25.0. The van der Waals surface area contributed by atoms with Crippen LogP contribution in [0.3, 0.4) is 0 Å². The number of rotatable bonds is 12. The molecule has 12 aromatic rings. The quantitative estimate of drug-likeness (QED) is 0.0644. The molecule has 4 heterocycles. The maximum atomic E-state index is 13.8. The number of fused-ring (bicyclic) bond motifs is 8. The smallest absolute Gasteiger partial charge is 0.323 e. The molecule has 0 bridgehead atoms. The molecular weight excluding hydrogens is 1720 g/mol. The van der Waals surface area contributed by atoms with Crippen LogP contribution in [-0.4, -0.2) is 49.0 Å². The molecule has 20 rings (SSSR count). The van der Waals surface area contributed by atoms with E-state index in [4.69, 9.17) is 112 Å². The molecule has 124 heavy (non-hydrogen) atoms. The summed E-state index contributed by atoms with van der Waals surface area (Å²) in [5.74, 6) is -2.18. The molecule has 8 aliphatic rings. The molecule has 0 radical (unpaired) electrons. The van der Waals surface area contributed by atoms with Crippen molar-refractivity contribution in [2.45, 2.75) is 94.7 Å². The lowest BCUT2D eigenvalue weighted by Crippen LogP contribution is -2.48. The summed E-state index contributed by atoms with van der Waals surface area (Å²) in [6, 6.07) is 89.4. The van der Waals surface area contributed by atoms with E-state index in [9.17, 15) is 38.4 Å². The Bertz CT molecular complexity index is 5560. The molecule has 0 saturated heterocycles. The Balaban J connectivity index is 0.000000117. The summed E-state index contributed by atoms with van der Waals surface area (Å²) in [5.41, 5.74) is 8.41. The number of hydrogen-bond acceptors (Lipinski definition) is 12. The van der Waals surface area contributed by atoms with E-state index in [-0.39, 0.29) is 47.5 Å². The Morgan fingerprint density at radius 1 is 0.218 bits per heavy atom. The number of esters is 4. The molecule has 12 aromatic carbocycles. The molecule has 12 nitrogen and oxygen atoms in total. The van der Waals surface area contributed by atoms with Crippen molar-refractivity contribution in [3.63, 3.8) is 0 Å². The first-order chi connectivity index (χ1) is 60.2. The van der Waals surface area contributed by atoms with Crippen LogP contribution in [0.4, 0.5) is 0 Å². The number of allylic oxidation sites excluding steroid dienone is 8. The monoisotopic (exact) mass is 1790 g/mol. The first kappa shape index (κ1) is 84.7. The molecule has 0 aromatic heterocycles. The number of benzene rings is 12. The van der Waals surface area contributed by atoms with Gasteiger partial charge < -0.3 is 18.9 Å². The minimum Gasteiger partial charge on any atom is -0.425 e. The zero-order chi connectivity index (χ0) is 86.3. The van der Waals surface area contributed by atoms with Crippen LogP contribution in [0.5, 0.6) is 23.0 Å². The van der Waals surface area contributed by atoms with Crippen molar-refractivity contribution in [3.8, 4) is 23.0 Å². The van der Waals surface area contributed by atoms with Crippen LogP contribution >= 0.6 is 92.8 Å². The molecule has 12 atom stereocenters. The van der Waals surface area contributed by atoms with E-state index in [2.05, 4.69) is 0 Å². The Hall–Kier alpha value is -11.5. The van der Waals surface area contributed by atoms with Crippen molar-refractivity contribution < 1.29 is 57.3 Å². The van der Waals surface area contributed by atoms with Gasteiger partial charge in [-0.15, -0.1) is 0 Å². The van der Waals surface area contributed by atoms with Gasteiger partial charge in [0.2, 0.25) is 0 Å². The standard InChI is InChI=1S/4C26H18Cl2O3/c4*27-19-10-5-16(6-11-19)21-14-9-18(15-29)24(17-7-12-20(28)13-8-17)26(21)22-3-1-2-4-23(22)31-25(26)30/h4*1-13,15,21,24H,14H2/t4*21-,24+,26-/m0000/s1. The minimum atomic E-state index is -1.08. The number of hydrogen-bond donors (Lipinski definition) is 0. The average Bonchev–Trinajstić information content (AvgIpc) is 1.52. The fourth-order valence-corrected chi connectivity index (χ4v) is 21.6. The molecule has 0 fully saturated rings. The highest BCUT2D eigenvalue weighted by molar-refractivity contribution is 6.33. The lowest BCUT2D eigenvalue weighted by atomic mass is 9.54. The number of aldehydes is 4. The van der Waals surface area contributed by atoms with E-state index in [0.29, 0.717) is 111 Å². The number of carbonyl (C=O) groups excluding carboxylic acids is 8. The first-order valence-electron chi connectivity index (χ1n) is 40.1. The lowest BCUT2D eigenvalue weighted by Gasteiger charge is -2.44. The summed E-state index contributed by atoms with van der Waals surface area (Å²) in [6.45, 7) is 0. The molecule has 4 aliphatic carbocycles. The largest absolute Gasteiger partial charge is 0.425 e. The third-order valence-electron chi connectivity index (χ3n) is 25.7. The summed E-state index contributed by atoms with van der Waals surface area (Å²) in [6.07, 6.45) is 13.3. The second-order valence-electron chi connectivity index (χ2n) is 31.6. The van der Waals surface area contributed by atoms with Crippen molar-refractivity contribution in [2.75, 3.05) is 0 Å².